The van der Waals surface area contributed by atoms with Gasteiger partial charge in [0.15, 0.2) is 5.84 Å². The van der Waals surface area contributed by atoms with E-state index < -0.39 is 23.9 Å². The first-order chi connectivity index (χ1) is 9.41. The lowest BCUT2D eigenvalue weighted by Crippen LogP contribution is -2.41. The SMILES string of the molecule is N/C(=N\O)C1=NC(C2=CCCC=C2)NC(C(F)(F)F)=C1. The molecule has 2 rings (SSSR count). The van der Waals surface area contributed by atoms with Gasteiger partial charge in [-0.2, -0.15) is 13.2 Å². The highest BCUT2D eigenvalue weighted by atomic mass is 19.4. The van der Waals surface area contributed by atoms with Crippen molar-refractivity contribution in [3.8, 4) is 0 Å². The molecule has 0 bridgehead atoms. The molecule has 4 N–H and O–H groups in total. The second kappa shape index (κ2) is 5.40. The average Bonchev–Trinajstić information content (AvgIpc) is 2.46. The Morgan fingerprint density at radius 2 is 2.20 bits per heavy atom. The van der Waals surface area contributed by atoms with Crippen molar-refractivity contribution in [1.29, 1.82) is 0 Å². The molecule has 20 heavy (non-hydrogen) atoms. The molecule has 0 saturated carbocycles. The third-order valence-corrected chi connectivity index (χ3v) is 2.86. The van der Waals surface area contributed by atoms with E-state index in [1.807, 2.05) is 12.2 Å². The molecule has 0 aromatic heterocycles. The molecule has 1 aliphatic carbocycles. The number of rotatable bonds is 2. The van der Waals surface area contributed by atoms with Crippen molar-refractivity contribution in [2.75, 3.05) is 0 Å². The molecule has 0 spiro atoms. The van der Waals surface area contributed by atoms with Gasteiger partial charge in [0.1, 0.15) is 17.6 Å². The maximum absolute atomic E-state index is 12.9. The summed E-state index contributed by atoms with van der Waals surface area (Å²) in [5.74, 6) is -0.460. The summed E-state index contributed by atoms with van der Waals surface area (Å²) in [7, 11) is 0. The number of nitrogens with two attached hydrogens (primary N) is 1. The fourth-order valence-electron chi connectivity index (χ4n) is 1.88. The summed E-state index contributed by atoms with van der Waals surface area (Å²) in [4.78, 5) is 4.03. The second-order valence-electron chi connectivity index (χ2n) is 4.29. The van der Waals surface area contributed by atoms with Crippen LogP contribution in [0.15, 0.2) is 45.7 Å². The minimum atomic E-state index is -4.56. The molecule has 0 aromatic carbocycles. The van der Waals surface area contributed by atoms with E-state index in [-0.39, 0.29) is 5.71 Å². The van der Waals surface area contributed by atoms with E-state index in [0.29, 0.717) is 5.57 Å². The maximum Gasteiger partial charge on any atom is 0.431 e. The van der Waals surface area contributed by atoms with Crippen LogP contribution in [0.25, 0.3) is 0 Å². The van der Waals surface area contributed by atoms with E-state index in [0.717, 1.165) is 18.9 Å². The maximum atomic E-state index is 12.9. The number of alkyl halides is 3. The van der Waals surface area contributed by atoms with Crippen molar-refractivity contribution in [2.45, 2.75) is 25.2 Å². The lowest BCUT2D eigenvalue weighted by atomic mass is 10.0. The smallest absolute Gasteiger partial charge is 0.409 e. The Kier molecular flexibility index (Phi) is 3.82. The predicted molar refractivity (Wildman–Crippen MR) is 68.4 cm³/mol. The Bertz CT molecular complexity index is 543. The van der Waals surface area contributed by atoms with Crippen LogP contribution in [0.5, 0.6) is 0 Å². The fraction of sp³-hybridized carbons (Fsp3) is 0.333. The first-order valence-electron chi connectivity index (χ1n) is 5.89. The topological polar surface area (TPSA) is 83.0 Å². The number of hydrogen-bond donors (Lipinski definition) is 3. The van der Waals surface area contributed by atoms with Crippen LogP contribution >= 0.6 is 0 Å². The summed E-state index contributed by atoms with van der Waals surface area (Å²) in [6.45, 7) is 0. The summed E-state index contributed by atoms with van der Waals surface area (Å²) in [5, 5.41) is 13.6. The molecule has 0 amide bonds. The van der Waals surface area contributed by atoms with Crippen molar-refractivity contribution >= 4 is 11.5 Å². The van der Waals surface area contributed by atoms with Crippen molar-refractivity contribution < 1.29 is 18.4 Å². The Labute approximate surface area is 113 Å². The third-order valence-electron chi connectivity index (χ3n) is 2.86. The molecule has 8 heteroatoms. The molecule has 2 aliphatic rings. The minimum Gasteiger partial charge on any atom is -0.409 e. The summed E-state index contributed by atoms with van der Waals surface area (Å²) in [5.41, 5.74) is 4.78. The number of hydrogen-bond acceptors (Lipinski definition) is 4. The van der Waals surface area contributed by atoms with E-state index in [2.05, 4.69) is 15.5 Å². The molecule has 1 aliphatic heterocycles. The van der Waals surface area contributed by atoms with Crippen LogP contribution in [0.1, 0.15) is 12.8 Å². The van der Waals surface area contributed by atoms with Crippen LogP contribution in [-0.2, 0) is 0 Å². The highest BCUT2D eigenvalue weighted by molar-refractivity contribution is 6.45. The first-order valence-corrected chi connectivity index (χ1v) is 5.89. The van der Waals surface area contributed by atoms with E-state index >= 15 is 0 Å². The first kappa shape index (κ1) is 14.2. The quantitative estimate of drug-likeness (QED) is 0.313. The van der Waals surface area contributed by atoms with Crippen molar-refractivity contribution in [3.63, 3.8) is 0 Å². The highest BCUT2D eigenvalue weighted by Crippen LogP contribution is 2.28. The number of amidine groups is 1. The van der Waals surface area contributed by atoms with E-state index in [4.69, 9.17) is 10.9 Å². The molecule has 108 valence electrons. The Morgan fingerprint density at radius 3 is 2.75 bits per heavy atom. The lowest BCUT2D eigenvalue weighted by Gasteiger charge is -2.26. The molecule has 1 unspecified atom stereocenters. The zero-order chi connectivity index (χ0) is 14.8. The van der Waals surface area contributed by atoms with Gasteiger partial charge in [0, 0.05) is 0 Å². The summed E-state index contributed by atoms with van der Waals surface area (Å²) in [6, 6.07) is 0. The van der Waals surface area contributed by atoms with Crippen molar-refractivity contribution in [1.82, 2.24) is 5.32 Å². The van der Waals surface area contributed by atoms with Gasteiger partial charge in [-0.05, 0) is 24.5 Å². The molecule has 1 atom stereocenters. The van der Waals surface area contributed by atoms with E-state index in [1.165, 1.54) is 0 Å². The van der Waals surface area contributed by atoms with Crippen LogP contribution in [0, 0.1) is 0 Å². The van der Waals surface area contributed by atoms with Crippen molar-refractivity contribution in [2.24, 2.45) is 15.9 Å². The van der Waals surface area contributed by atoms with Gasteiger partial charge in [0.2, 0.25) is 0 Å². The van der Waals surface area contributed by atoms with E-state index in [1.54, 1.807) is 6.08 Å². The Hall–Kier alpha value is -2.25. The summed E-state index contributed by atoms with van der Waals surface area (Å²) < 4.78 is 38.6. The summed E-state index contributed by atoms with van der Waals surface area (Å²) >= 11 is 0. The highest BCUT2D eigenvalue weighted by Gasteiger charge is 2.38. The van der Waals surface area contributed by atoms with Gasteiger partial charge >= 0.3 is 6.18 Å². The van der Waals surface area contributed by atoms with Crippen LogP contribution in [0.4, 0.5) is 13.2 Å². The van der Waals surface area contributed by atoms with Crippen LogP contribution in [0.2, 0.25) is 0 Å². The zero-order valence-corrected chi connectivity index (χ0v) is 10.4. The molecule has 1 heterocycles. The summed E-state index contributed by atoms with van der Waals surface area (Å²) in [6.07, 6.45) is 2.23. The molecule has 5 nitrogen and oxygen atoms in total. The van der Waals surface area contributed by atoms with Gasteiger partial charge in [-0.25, -0.2) is 0 Å². The van der Waals surface area contributed by atoms with Crippen molar-refractivity contribution in [3.05, 3.63) is 35.6 Å². The second-order valence-corrected chi connectivity index (χ2v) is 4.29. The average molecular weight is 286 g/mol. The van der Waals surface area contributed by atoms with Gasteiger partial charge in [-0.3, -0.25) is 4.99 Å². The molecule has 0 fully saturated rings. The number of nitrogens with one attached hydrogen (secondary N) is 1. The Morgan fingerprint density at radius 1 is 1.45 bits per heavy atom. The number of oxime groups is 1. The normalized spacial score (nSPS) is 23.6. The standard InChI is InChI=1S/C12H13F3N4O/c13-12(14,15)9-6-8(10(16)19-20)17-11(18-9)7-4-2-1-3-5-7/h2,4-6,11,18,20H,1,3H2,(H2,16,19). The third kappa shape index (κ3) is 3.01. The molecular weight excluding hydrogens is 273 g/mol. The van der Waals surface area contributed by atoms with Gasteiger partial charge < -0.3 is 16.3 Å². The number of nitrogens with zero attached hydrogens (tertiary/aromatic N) is 2. The molecule has 0 saturated heterocycles. The van der Waals surface area contributed by atoms with Crippen LogP contribution < -0.4 is 11.1 Å². The molecule has 0 radical (unpaired) electrons. The van der Waals surface area contributed by atoms with E-state index in [9.17, 15) is 13.2 Å². The van der Waals surface area contributed by atoms with Crippen LogP contribution in [-0.4, -0.2) is 29.1 Å². The molecule has 0 aromatic rings. The minimum absolute atomic E-state index is 0.205. The fourth-order valence-corrected chi connectivity index (χ4v) is 1.88. The monoisotopic (exact) mass is 286 g/mol. The van der Waals surface area contributed by atoms with Gasteiger partial charge in [0.25, 0.3) is 0 Å². The number of allylic oxidation sites excluding steroid dienone is 3. The van der Waals surface area contributed by atoms with Crippen LogP contribution in [0.3, 0.4) is 0 Å². The molecular formula is C12H13F3N4O. The number of halogens is 3. The Balaban J connectivity index is 2.37. The lowest BCUT2D eigenvalue weighted by molar-refractivity contribution is -0.0974. The van der Waals surface area contributed by atoms with Gasteiger partial charge in [-0.15, -0.1) is 0 Å². The largest absolute Gasteiger partial charge is 0.431 e. The number of aliphatic imine (C=N–C) groups is 1. The zero-order valence-electron chi connectivity index (χ0n) is 10.4. The predicted octanol–water partition coefficient (Wildman–Crippen LogP) is 1.83. The van der Waals surface area contributed by atoms with Gasteiger partial charge in [0.05, 0.1) is 0 Å². The van der Waals surface area contributed by atoms with Gasteiger partial charge in [-0.1, -0.05) is 23.4 Å².